The number of aliphatic imine (C=N–C) groups is 1. The third-order valence-corrected chi connectivity index (χ3v) is 5.46. The summed E-state index contributed by atoms with van der Waals surface area (Å²) in [6, 6.07) is 11.7. The van der Waals surface area contributed by atoms with Crippen molar-refractivity contribution in [3.05, 3.63) is 64.1 Å². The number of hydrogen-bond donors (Lipinski definition) is 1. The predicted molar refractivity (Wildman–Crippen MR) is 104 cm³/mol. The number of fused-ring (bicyclic) bond motifs is 3. The van der Waals surface area contributed by atoms with Crippen molar-refractivity contribution >= 4 is 28.9 Å². The highest BCUT2D eigenvalue weighted by Gasteiger charge is 2.32. The van der Waals surface area contributed by atoms with Gasteiger partial charge in [0, 0.05) is 22.9 Å². The van der Waals surface area contributed by atoms with Crippen LogP contribution >= 0.6 is 11.3 Å². The molecule has 4 rings (SSSR count). The Balaban J connectivity index is 2.00. The van der Waals surface area contributed by atoms with E-state index in [9.17, 15) is 9.59 Å². The van der Waals surface area contributed by atoms with Gasteiger partial charge >= 0.3 is 5.97 Å². The van der Waals surface area contributed by atoms with Gasteiger partial charge in [0.1, 0.15) is 5.00 Å². The fourth-order valence-corrected chi connectivity index (χ4v) is 4.03. The molecule has 1 atom stereocenters. The number of amides is 1. The summed E-state index contributed by atoms with van der Waals surface area (Å²) < 4.78 is 6.91. The van der Waals surface area contributed by atoms with E-state index in [1.165, 1.54) is 22.9 Å². The van der Waals surface area contributed by atoms with Gasteiger partial charge in [0.05, 0.1) is 5.71 Å². The first kappa shape index (κ1) is 18.1. The van der Waals surface area contributed by atoms with Crippen LogP contribution in [0.3, 0.4) is 0 Å². The van der Waals surface area contributed by atoms with Gasteiger partial charge in [-0.1, -0.05) is 37.3 Å². The van der Waals surface area contributed by atoms with E-state index < -0.39 is 18.1 Å². The molecule has 142 valence electrons. The van der Waals surface area contributed by atoms with Crippen LogP contribution < -0.4 is 5.73 Å². The zero-order valence-corrected chi connectivity index (χ0v) is 16.1. The first-order chi connectivity index (χ1) is 13.5. The Hall–Kier alpha value is -3.33. The number of nitrogens with zero attached hydrogens (tertiary/aromatic N) is 4. The maximum atomic E-state index is 11.7. The van der Waals surface area contributed by atoms with Crippen molar-refractivity contribution in [3.8, 4) is 5.00 Å². The lowest BCUT2D eigenvalue weighted by atomic mass is 10.0. The standard InChI is InChI=1S/C19H17N5O3S/c1-3-12-9-13-14(11-7-5-4-6-8-11)21-18(27-10(2)25)17-22-16(15(20)26)23-24(17)19(13)28-12/h4-9,18H,3H2,1-2H3,(H2,20,26). The summed E-state index contributed by atoms with van der Waals surface area (Å²) in [5.41, 5.74) is 7.75. The molecule has 28 heavy (non-hydrogen) atoms. The fourth-order valence-electron chi connectivity index (χ4n) is 2.98. The number of carbonyl (C=O) groups excluding carboxylic acids is 2. The topological polar surface area (TPSA) is 112 Å². The number of esters is 1. The number of aromatic nitrogens is 3. The monoisotopic (exact) mass is 395 g/mol. The highest BCUT2D eigenvalue weighted by molar-refractivity contribution is 7.15. The van der Waals surface area contributed by atoms with Gasteiger partial charge in [0.15, 0.2) is 5.82 Å². The zero-order valence-electron chi connectivity index (χ0n) is 15.2. The normalized spacial score (nSPS) is 15.2. The number of nitrogens with two attached hydrogens (primary N) is 1. The number of primary amides is 1. The van der Waals surface area contributed by atoms with Gasteiger partial charge in [-0.25, -0.2) is 14.7 Å². The molecule has 8 nitrogen and oxygen atoms in total. The van der Waals surface area contributed by atoms with Crippen LogP contribution in [-0.4, -0.2) is 32.4 Å². The van der Waals surface area contributed by atoms with E-state index in [0.717, 1.165) is 27.4 Å². The maximum absolute atomic E-state index is 11.7. The Morgan fingerprint density at radius 3 is 2.68 bits per heavy atom. The van der Waals surface area contributed by atoms with Crippen LogP contribution in [0.15, 0.2) is 41.4 Å². The first-order valence-corrected chi connectivity index (χ1v) is 9.50. The van der Waals surface area contributed by atoms with Crippen LogP contribution in [0.25, 0.3) is 5.00 Å². The molecule has 9 heteroatoms. The minimum Gasteiger partial charge on any atom is -0.432 e. The zero-order chi connectivity index (χ0) is 19.8. The Morgan fingerprint density at radius 1 is 1.29 bits per heavy atom. The van der Waals surface area contributed by atoms with E-state index in [0.29, 0.717) is 5.71 Å². The number of benzene rings is 1. The molecule has 2 aromatic heterocycles. The van der Waals surface area contributed by atoms with Crippen LogP contribution in [0.1, 0.15) is 52.5 Å². The van der Waals surface area contributed by atoms with Crippen LogP contribution in [0.2, 0.25) is 0 Å². The molecule has 1 amide bonds. The largest absolute Gasteiger partial charge is 0.432 e. The lowest BCUT2D eigenvalue weighted by Gasteiger charge is -2.11. The van der Waals surface area contributed by atoms with Crippen LogP contribution in [-0.2, 0) is 16.0 Å². The molecule has 0 saturated heterocycles. The molecule has 0 spiro atoms. The van der Waals surface area contributed by atoms with E-state index in [-0.39, 0.29) is 11.6 Å². The molecule has 1 aliphatic rings. The number of ether oxygens (including phenoxy) is 1. The number of thiophene rings is 1. The second kappa shape index (κ2) is 7.01. The van der Waals surface area contributed by atoms with Gasteiger partial charge in [-0.15, -0.1) is 16.4 Å². The number of carbonyl (C=O) groups is 2. The maximum Gasteiger partial charge on any atom is 0.304 e. The lowest BCUT2D eigenvalue weighted by molar-refractivity contribution is -0.146. The minimum absolute atomic E-state index is 0.150. The summed E-state index contributed by atoms with van der Waals surface area (Å²) >= 11 is 1.52. The minimum atomic E-state index is -1.04. The second-order valence-corrected chi connectivity index (χ2v) is 7.28. The Kier molecular flexibility index (Phi) is 4.52. The van der Waals surface area contributed by atoms with Crippen molar-refractivity contribution in [2.75, 3.05) is 0 Å². The third-order valence-electron chi connectivity index (χ3n) is 4.20. The summed E-state index contributed by atoms with van der Waals surface area (Å²) in [4.78, 5) is 33.4. The summed E-state index contributed by atoms with van der Waals surface area (Å²) in [5, 5.41) is 5.02. The van der Waals surface area contributed by atoms with Gasteiger partial charge < -0.3 is 10.5 Å². The summed E-state index contributed by atoms with van der Waals surface area (Å²) in [7, 11) is 0. The number of hydrogen-bond acceptors (Lipinski definition) is 7. The van der Waals surface area contributed by atoms with Crippen LogP contribution in [0, 0.1) is 0 Å². The molecule has 3 heterocycles. The van der Waals surface area contributed by atoms with Gasteiger partial charge in [0.25, 0.3) is 12.1 Å². The summed E-state index contributed by atoms with van der Waals surface area (Å²) in [5.74, 6) is -1.19. The average Bonchev–Trinajstić information content (AvgIpc) is 3.27. The van der Waals surface area contributed by atoms with Crippen molar-refractivity contribution in [2.45, 2.75) is 26.5 Å². The van der Waals surface area contributed by atoms with Gasteiger partial charge in [-0.05, 0) is 12.5 Å². The Morgan fingerprint density at radius 2 is 2.04 bits per heavy atom. The number of aryl methyl sites for hydroxylation is 1. The second-order valence-electron chi connectivity index (χ2n) is 6.16. The highest BCUT2D eigenvalue weighted by atomic mass is 32.1. The van der Waals surface area contributed by atoms with Gasteiger partial charge in [0.2, 0.25) is 5.82 Å². The average molecular weight is 395 g/mol. The molecular weight excluding hydrogens is 378 g/mol. The van der Waals surface area contributed by atoms with Crippen molar-refractivity contribution in [1.82, 2.24) is 14.8 Å². The van der Waals surface area contributed by atoms with E-state index in [2.05, 4.69) is 17.0 Å². The number of rotatable bonds is 4. The molecule has 0 aliphatic carbocycles. The van der Waals surface area contributed by atoms with Crippen molar-refractivity contribution < 1.29 is 14.3 Å². The SMILES string of the molecule is CCc1cc2c(s1)-n1nc(C(N)=O)nc1C(OC(C)=O)N=C2c1ccccc1. The molecule has 0 saturated carbocycles. The fraction of sp³-hybridized carbons (Fsp3) is 0.211. The van der Waals surface area contributed by atoms with E-state index in [4.69, 9.17) is 15.5 Å². The van der Waals surface area contributed by atoms with E-state index in [1.54, 1.807) is 0 Å². The van der Waals surface area contributed by atoms with Gasteiger partial charge in [-0.3, -0.25) is 9.59 Å². The third kappa shape index (κ3) is 3.09. The molecule has 1 aromatic carbocycles. The quantitative estimate of drug-likeness (QED) is 0.682. The molecule has 1 aliphatic heterocycles. The summed E-state index contributed by atoms with van der Waals surface area (Å²) in [6.07, 6.45) is -0.210. The van der Waals surface area contributed by atoms with Crippen molar-refractivity contribution in [3.63, 3.8) is 0 Å². The Labute approximate surface area is 164 Å². The van der Waals surface area contributed by atoms with E-state index in [1.807, 2.05) is 36.4 Å². The Bertz CT molecular complexity index is 1100. The molecule has 0 radical (unpaired) electrons. The van der Waals surface area contributed by atoms with Crippen LogP contribution in [0.5, 0.6) is 0 Å². The molecule has 3 aromatic rings. The lowest BCUT2D eigenvalue weighted by Crippen LogP contribution is -2.14. The smallest absolute Gasteiger partial charge is 0.304 e. The van der Waals surface area contributed by atoms with Gasteiger partial charge in [-0.2, -0.15) is 0 Å². The summed E-state index contributed by atoms with van der Waals surface area (Å²) in [6.45, 7) is 3.35. The molecular formula is C19H17N5O3S. The van der Waals surface area contributed by atoms with Crippen molar-refractivity contribution in [1.29, 1.82) is 0 Å². The first-order valence-electron chi connectivity index (χ1n) is 8.68. The predicted octanol–water partition coefficient (Wildman–Crippen LogP) is 2.40. The van der Waals surface area contributed by atoms with Crippen LogP contribution in [0.4, 0.5) is 0 Å². The molecule has 1 unspecified atom stereocenters. The van der Waals surface area contributed by atoms with Crippen molar-refractivity contribution in [2.24, 2.45) is 10.7 Å². The molecule has 2 N–H and O–H groups in total. The molecule has 0 fully saturated rings. The molecule has 0 bridgehead atoms. The van der Waals surface area contributed by atoms with E-state index >= 15 is 0 Å². The highest BCUT2D eigenvalue weighted by Crippen LogP contribution is 2.35.